The summed E-state index contributed by atoms with van der Waals surface area (Å²) in [6.45, 7) is 0. The molecule has 0 aliphatic rings. The maximum Gasteiger partial charge on any atom is 0.164 e. The van der Waals surface area contributed by atoms with Crippen molar-refractivity contribution in [2.24, 2.45) is 0 Å². The molecule has 0 fully saturated rings. The van der Waals surface area contributed by atoms with Crippen LogP contribution in [0.4, 0.5) is 0 Å². The zero-order valence-electron chi connectivity index (χ0n) is 31.5. The van der Waals surface area contributed by atoms with Crippen LogP contribution in [0.2, 0.25) is 0 Å². The fraction of sp³-hybridized carbons (Fsp3) is 0.0185. The van der Waals surface area contributed by atoms with Crippen LogP contribution in [-0.4, -0.2) is 15.0 Å². The molecule has 11 aromatic rings. The number of nitrogens with zero attached hydrogens (tertiary/aromatic N) is 3. The molecule has 4 heteroatoms. The molecule has 0 aliphatic heterocycles. The van der Waals surface area contributed by atoms with Gasteiger partial charge in [0.25, 0.3) is 0 Å². The van der Waals surface area contributed by atoms with Crippen LogP contribution in [0.5, 0.6) is 0 Å². The molecular formula is C54H35N3S. The lowest BCUT2D eigenvalue weighted by atomic mass is 9.79. The van der Waals surface area contributed by atoms with Gasteiger partial charge in [-0.15, -0.1) is 11.3 Å². The Bertz CT molecular complexity index is 3240. The molecule has 0 amide bonds. The number of hydrogen-bond donors (Lipinski definition) is 0. The normalized spacial score (nSPS) is 12.1. The Balaban J connectivity index is 1.08. The molecule has 272 valence electrons. The molecule has 11 rings (SSSR count). The standard InChI is InChI=1S/C54H35N3S/c1-3-17-37(18-4-1)52-55-53(38-19-5-2-6-20-38)57-54(56-52)47-27-14-28-48-51(47)46-32-31-40(34-49(46)58-48)43-24-11-12-25-44(43)50(41-30-29-35-15-7-8-21-39(35)33-41)45-26-13-22-36-16-9-10-23-42(36)45/h1-34,50H. The number of aromatic nitrogens is 3. The van der Waals surface area contributed by atoms with Gasteiger partial charge in [-0.1, -0.05) is 194 Å². The second-order valence-corrected chi connectivity index (χ2v) is 15.8. The van der Waals surface area contributed by atoms with Crippen molar-refractivity contribution in [2.75, 3.05) is 0 Å². The minimum Gasteiger partial charge on any atom is -0.208 e. The first kappa shape index (κ1) is 34.0. The molecule has 3 nitrogen and oxygen atoms in total. The van der Waals surface area contributed by atoms with Crippen LogP contribution >= 0.6 is 11.3 Å². The third-order valence-electron chi connectivity index (χ3n) is 11.3. The highest BCUT2D eigenvalue weighted by molar-refractivity contribution is 7.26. The van der Waals surface area contributed by atoms with Gasteiger partial charge >= 0.3 is 0 Å². The van der Waals surface area contributed by atoms with Crippen LogP contribution in [0.25, 0.3) is 87.0 Å². The molecule has 0 N–H and O–H groups in total. The van der Waals surface area contributed by atoms with E-state index >= 15 is 0 Å². The van der Waals surface area contributed by atoms with Crippen LogP contribution in [0.3, 0.4) is 0 Å². The minimum absolute atomic E-state index is 0.0121. The van der Waals surface area contributed by atoms with Crippen LogP contribution in [0, 0.1) is 0 Å². The zero-order chi connectivity index (χ0) is 38.4. The van der Waals surface area contributed by atoms with Crippen molar-refractivity contribution in [3.05, 3.63) is 223 Å². The largest absolute Gasteiger partial charge is 0.208 e. The first-order chi connectivity index (χ1) is 28.7. The average Bonchev–Trinajstić information content (AvgIpc) is 3.68. The Labute approximate surface area is 340 Å². The van der Waals surface area contributed by atoms with Crippen molar-refractivity contribution in [1.29, 1.82) is 0 Å². The van der Waals surface area contributed by atoms with E-state index in [4.69, 9.17) is 15.0 Å². The van der Waals surface area contributed by atoms with Gasteiger partial charge in [0.05, 0.1) is 0 Å². The highest BCUT2D eigenvalue weighted by Gasteiger charge is 2.24. The summed E-state index contributed by atoms with van der Waals surface area (Å²) >= 11 is 1.82. The molecule has 9 aromatic carbocycles. The molecule has 2 aromatic heterocycles. The van der Waals surface area contributed by atoms with Gasteiger partial charge in [0.2, 0.25) is 0 Å². The van der Waals surface area contributed by atoms with E-state index in [1.807, 2.05) is 47.7 Å². The maximum absolute atomic E-state index is 5.11. The summed E-state index contributed by atoms with van der Waals surface area (Å²) in [7, 11) is 0. The Hall–Kier alpha value is -7.27. The minimum atomic E-state index is 0.0121. The second kappa shape index (κ2) is 14.3. The molecule has 0 spiro atoms. The molecule has 0 bridgehead atoms. The number of hydrogen-bond acceptors (Lipinski definition) is 4. The molecule has 1 atom stereocenters. The van der Waals surface area contributed by atoms with E-state index in [2.05, 4.69) is 170 Å². The van der Waals surface area contributed by atoms with Gasteiger partial charge in [0, 0.05) is 42.8 Å². The highest BCUT2D eigenvalue weighted by atomic mass is 32.1. The van der Waals surface area contributed by atoms with Crippen LogP contribution < -0.4 is 0 Å². The Morgan fingerprint density at radius 3 is 1.74 bits per heavy atom. The topological polar surface area (TPSA) is 38.7 Å². The Morgan fingerprint density at radius 2 is 0.948 bits per heavy atom. The summed E-state index contributed by atoms with van der Waals surface area (Å²) in [6, 6.07) is 73.9. The summed E-state index contributed by atoms with van der Waals surface area (Å²) in [5.41, 5.74) is 9.20. The van der Waals surface area contributed by atoms with Gasteiger partial charge in [0.15, 0.2) is 17.5 Å². The van der Waals surface area contributed by atoms with Crippen molar-refractivity contribution < 1.29 is 0 Å². The lowest BCUT2D eigenvalue weighted by Crippen LogP contribution is -2.06. The fourth-order valence-electron chi connectivity index (χ4n) is 8.54. The lowest BCUT2D eigenvalue weighted by molar-refractivity contribution is 0.994. The predicted octanol–water partition coefficient (Wildman–Crippen LogP) is 14.4. The second-order valence-electron chi connectivity index (χ2n) is 14.7. The zero-order valence-corrected chi connectivity index (χ0v) is 32.3. The molecule has 1 unspecified atom stereocenters. The summed E-state index contributed by atoms with van der Waals surface area (Å²) in [4.78, 5) is 15.2. The van der Waals surface area contributed by atoms with Crippen molar-refractivity contribution >= 4 is 53.1 Å². The number of benzene rings is 9. The first-order valence-electron chi connectivity index (χ1n) is 19.6. The van der Waals surface area contributed by atoms with E-state index in [0.717, 1.165) is 22.1 Å². The highest BCUT2D eigenvalue weighted by Crippen LogP contribution is 2.45. The van der Waals surface area contributed by atoms with E-state index < -0.39 is 0 Å². The monoisotopic (exact) mass is 757 g/mol. The molecule has 0 saturated carbocycles. The quantitative estimate of drug-likeness (QED) is 0.152. The van der Waals surface area contributed by atoms with Gasteiger partial charge in [-0.2, -0.15) is 0 Å². The van der Waals surface area contributed by atoms with Crippen molar-refractivity contribution in [2.45, 2.75) is 5.92 Å². The first-order valence-corrected chi connectivity index (χ1v) is 20.4. The molecule has 2 heterocycles. The van der Waals surface area contributed by atoms with Crippen LogP contribution in [0.15, 0.2) is 206 Å². The fourth-order valence-corrected chi connectivity index (χ4v) is 9.71. The van der Waals surface area contributed by atoms with E-state index in [9.17, 15) is 0 Å². The third-order valence-corrected chi connectivity index (χ3v) is 12.4. The van der Waals surface area contributed by atoms with Gasteiger partial charge in [-0.25, -0.2) is 15.0 Å². The molecular weight excluding hydrogens is 723 g/mol. The van der Waals surface area contributed by atoms with Crippen molar-refractivity contribution in [1.82, 2.24) is 15.0 Å². The smallest absolute Gasteiger partial charge is 0.164 e. The lowest BCUT2D eigenvalue weighted by Gasteiger charge is -2.24. The van der Waals surface area contributed by atoms with Crippen molar-refractivity contribution in [3.63, 3.8) is 0 Å². The summed E-state index contributed by atoms with van der Waals surface area (Å²) in [6.07, 6.45) is 0. The third kappa shape index (κ3) is 6.03. The summed E-state index contributed by atoms with van der Waals surface area (Å²) < 4.78 is 2.42. The Morgan fingerprint density at radius 1 is 0.345 bits per heavy atom. The molecule has 58 heavy (non-hydrogen) atoms. The van der Waals surface area contributed by atoms with E-state index in [-0.39, 0.29) is 5.92 Å². The van der Waals surface area contributed by atoms with E-state index in [1.165, 1.54) is 64.1 Å². The van der Waals surface area contributed by atoms with Crippen LogP contribution in [-0.2, 0) is 0 Å². The van der Waals surface area contributed by atoms with Gasteiger partial charge in [-0.3, -0.25) is 0 Å². The van der Waals surface area contributed by atoms with E-state index in [0.29, 0.717) is 17.5 Å². The average molecular weight is 758 g/mol. The maximum atomic E-state index is 5.11. The number of rotatable bonds is 7. The van der Waals surface area contributed by atoms with E-state index in [1.54, 1.807) is 0 Å². The van der Waals surface area contributed by atoms with Gasteiger partial charge in [-0.05, 0) is 61.5 Å². The number of fused-ring (bicyclic) bond motifs is 5. The predicted molar refractivity (Wildman–Crippen MR) is 243 cm³/mol. The van der Waals surface area contributed by atoms with Gasteiger partial charge < -0.3 is 0 Å². The molecule has 0 saturated heterocycles. The summed E-state index contributed by atoms with van der Waals surface area (Å²) in [5, 5.41) is 7.37. The Kier molecular flexibility index (Phi) is 8.41. The van der Waals surface area contributed by atoms with Gasteiger partial charge in [0.1, 0.15) is 0 Å². The van der Waals surface area contributed by atoms with Crippen molar-refractivity contribution in [3.8, 4) is 45.3 Å². The van der Waals surface area contributed by atoms with Crippen LogP contribution in [0.1, 0.15) is 22.6 Å². The molecule has 0 aliphatic carbocycles. The SMILES string of the molecule is c1ccc(-c2nc(-c3ccccc3)nc(-c3cccc4sc5cc(-c6ccccc6C(c6ccc7ccccc7c6)c6cccc7ccccc67)ccc5c34)n2)cc1. The summed E-state index contributed by atoms with van der Waals surface area (Å²) in [5.74, 6) is 2.00. The molecule has 0 radical (unpaired) electrons. The number of thiophene rings is 1.